The summed E-state index contributed by atoms with van der Waals surface area (Å²) in [6.45, 7) is 1.84. The molecule has 0 spiro atoms. The number of rotatable bonds is 5. The van der Waals surface area contributed by atoms with Gasteiger partial charge >= 0.3 is 5.97 Å². The van der Waals surface area contributed by atoms with E-state index in [1.165, 1.54) is 0 Å². The molecule has 1 N–H and O–H groups in total. The van der Waals surface area contributed by atoms with E-state index in [-0.39, 0.29) is 6.42 Å². The third-order valence-electron chi connectivity index (χ3n) is 5.16. The number of carbonyl (C=O) groups excluding carboxylic acids is 2. The van der Waals surface area contributed by atoms with Gasteiger partial charge in [0.1, 0.15) is 0 Å². The van der Waals surface area contributed by atoms with Gasteiger partial charge in [-0.1, -0.05) is 66.2 Å². The van der Waals surface area contributed by atoms with Crippen molar-refractivity contribution in [1.82, 2.24) is 4.90 Å². The van der Waals surface area contributed by atoms with Crippen LogP contribution in [0.3, 0.4) is 0 Å². The van der Waals surface area contributed by atoms with Crippen LogP contribution in [-0.2, 0) is 4.79 Å². The van der Waals surface area contributed by atoms with Crippen LogP contribution in [0.2, 0.25) is 0 Å². The number of carbonyl (C=O) groups is 3. The Kier molecular flexibility index (Phi) is 4.72. The second kappa shape index (κ2) is 7.36. The monoisotopic (exact) mass is 385 g/mol. The van der Waals surface area contributed by atoms with E-state index in [9.17, 15) is 19.5 Å². The first-order chi connectivity index (χ1) is 14.0. The molecule has 0 aliphatic carbocycles. The van der Waals surface area contributed by atoms with Gasteiger partial charge in [-0.2, -0.15) is 0 Å². The molecule has 1 atom stereocenters. The molecule has 4 rings (SSSR count). The molecule has 0 saturated carbocycles. The number of benzene rings is 3. The van der Waals surface area contributed by atoms with Crippen LogP contribution in [0.4, 0.5) is 0 Å². The van der Waals surface area contributed by atoms with Crippen molar-refractivity contribution in [3.05, 3.63) is 95.1 Å². The fourth-order valence-electron chi connectivity index (χ4n) is 3.71. The standard InChI is InChI=1S/C24H19NO4/c1-15-7-12-19-20(13-15)24(29)25(23(19)28)21(14-22(26)27)18-10-8-17(9-11-18)16-5-3-2-4-6-16/h2-13,21H,14H2,1H3,(H,26,27). The maximum Gasteiger partial charge on any atom is 0.305 e. The molecule has 5 nitrogen and oxygen atoms in total. The Morgan fingerprint density at radius 1 is 0.862 bits per heavy atom. The van der Waals surface area contributed by atoms with E-state index in [2.05, 4.69) is 0 Å². The van der Waals surface area contributed by atoms with Crippen LogP contribution in [0.15, 0.2) is 72.8 Å². The molecule has 3 aromatic carbocycles. The number of nitrogens with zero attached hydrogens (tertiary/aromatic N) is 1. The smallest absolute Gasteiger partial charge is 0.305 e. The van der Waals surface area contributed by atoms with Gasteiger partial charge in [-0.05, 0) is 35.7 Å². The molecule has 0 saturated heterocycles. The van der Waals surface area contributed by atoms with E-state index in [1.54, 1.807) is 30.3 Å². The number of imide groups is 1. The minimum Gasteiger partial charge on any atom is -0.481 e. The van der Waals surface area contributed by atoms with Crippen LogP contribution in [-0.4, -0.2) is 27.8 Å². The third-order valence-corrected chi connectivity index (χ3v) is 5.16. The summed E-state index contributed by atoms with van der Waals surface area (Å²) in [6.07, 6.45) is -0.352. The number of hydrogen-bond acceptors (Lipinski definition) is 3. The maximum absolute atomic E-state index is 13.0. The normalized spacial score (nSPS) is 14.0. The minimum atomic E-state index is -1.07. The first-order valence-electron chi connectivity index (χ1n) is 9.31. The summed E-state index contributed by atoms with van der Waals surface area (Å²) in [6, 6.07) is 21.3. The van der Waals surface area contributed by atoms with Crippen LogP contribution in [0.25, 0.3) is 11.1 Å². The van der Waals surface area contributed by atoms with E-state index >= 15 is 0 Å². The summed E-state index contributed by atoms with van der Waals surface area (Å²) in [5.41, 5.74) is 4.13. The fraction of sp³-hybridized carbons (Fsp3) is 0.125. The van der Waals surface area contributed by atoms with Gasteiger partial charge in [0.2, 0.25) is 0 Å². The van der Waals surface area contributed by atoms with E-state index in [1.807, 2.05) is 49.4 Å². The Bertz CT molecular complexity index is 1100. The molecule has 29 heavy (non-hydrogen) atoms. The van der Waals surface area contributed by atoms with E-state index in [0.29, 0.717) is 16.7 Å². The fourth-order valence-corrected chi connectivity index (χ4v) is 3.71. The summed E-state index contributed by atoms with van der Waals surface area (Å²) >= 11 is 0. The molecular formula is C24H19NO4. The lowest BCUT2D eigenvalue weighted by molar-refractivity contribution is -0.138. The zero-order chi connectivity index (χ0) is 20.5. The quantitative estimate of drug-likeness (QED) is 0.658. The highest BCUT2D eigenvalue weighted by Gasteiger charge is 2.41. The molecule has 0 fully saturated rings. The van der Waals surface area contributed by atoms with Gasteiger partial charge in [-0.25, -0.2) is 0 Å². The van der Waals surface area contributed by atoms with Crippen LogP contribution >= 0.6 is 0 Å². The SMILES string of the molecule is Cc1ccc2c(c1)C(=O)N(C(CC(=O)O)c1ccc(-c3ccccc3)cc1)C2=O. The molecule has 3 aromatic rings. The molecule has 0 aromatic heterocycles. The number of aliphatic carboxylic acids is 1. The number of aryl methyl sites for hydroxylation is 1. The predicted octanol–water partition coefficient (Wildman–Crippen LogP) is 4.47. The molecule has 1 aliphatic heterocycles. The van der Waals surface area contributed by atoms with Crippen molar-refractivity contribution in [2.24, 2.45) is 0 Å². The lowest BCUT2D eigenvalue weighted by Gasteiger charge is -2.25. The average molecular weight is 385 g/mol. The zero-order valence-corrected chi connectivity index (χ0v) is 15.8. The number of amides is 2. The lowest BCUT2D eigenvalue weighted by Crippen LogP contribution is -2.35. The minimum absolute atomic E-state index is 0.317. The Morgan fingerprint density at radius 2 is 1.48 bits per heavy atom. The Hall–Kier alpha value is -3.73. The van der Waals surface area contributed by atoms with Gasteiger partial charge in [0.25, 0.3) is 11.8 Å². The first-order valence-corrected chi connectivity index (χ1v) is 9.31. The van der Waals surface area contributed by atoms with Crippen LogP contribution < -0.4 is 0 Å². The highest BCUT2D eigenvalue weighted by atomic mass is 16.4. The molecule has 144 valence electrons. The summed E-state index contributed by atoms with van der Waals surface area (Å²) < 4.78 is 0. The van der Waals surface area contributed by atoms with Crippen LogP contribution in [0.1, 0.15) is 44.3 Å². The number of hydrogen-bond donors (Lipinski definition) is 1. The highest BCUT2D eigenvalue weighted by molar-refractivity contribution is 6.21. The molecule has 2 amide bonds. The summed E-state index contributed by atoms with van der Waals surface area (Å²) in [4.78, 5) is 38.5. The summed E-state index contributed by atoms with van der Waals surface area (Å²) in [7, 11) is 0. The van der Waals surface area contributed by atoms with Crippen molar-refractivity contribution in [2.45, 2.75) is 19.4 Å². The number of fused-ring (bicyclic) bond motifs is 1. The van der Waals surface area contributed by atoms with Crippen molar-refractivity contribution in [3.63, 3.8) is 0 Å². The molecule has 0 bridgehead atoms. The first kappa shape index (κ1) is 18.6. The third kappa shape index (κ3) is 3.43. The van der Waals surface area contributed by atoms with Crippen molar-refractivity contribution in [2.75, 3.05) is 0 Å². The predicted molar refractivity (Wildman–Crippen MR) is 109 cm³/mol. The largest absolute Gasteiger partial charge is 0.481 e. The molecule has 1 unspecified atom stereocenters. The van der Waals surface area contributed by atoms with Crippen molar-refractivity contribution < 1.29 is 19.5 Å². The molecule has 1 aliphatic rings. The van der Waals surface area contributed by atoms with Gasteiger partial charge in [-0.3, -0.25) is 19.3 Å². The van der Waals surface area contributed by atoms with E-state index in [4.69, 9.17) is 0 Å². The Labute approximate surface area is 168 Å². The zero-order valence-electron chi connectivity index (χ0n) is 15.8. The Balaban J connectivity index is 1.71. The Morgan fingerprint density at radius 3 is 2.14 bits per heavy atom. The summed E-state index contributed by atoms with van der Waals surface area (Å²) in [5, 5.41) is 9.42. The van der Waals surface area contributed by atoms with Crippen LogP contribution in [0, 0.1) is 6.92 Å². The molecule has 5 heteroatoms. The van der Waals surface area contributed by atoms with Crippen molar-refractivity contribution in [1.29, 1.82) is 0 Å². The van der Waals surface area contributed by atoms with Crippen molar-refractivity contribution in [3.8, 4) is 11.1 Å². The topological polar surface area (TPSA) is 74.7 Å². The maximum atomic E-state index is 13.0. The van der Waals surface area contributed by atoms with Gasteiger partial charge in [0.15, 0.2) is 0 Å². The van der Waals surface area contributed by atoms with Gasteiger partial charge in [0.05, 0.1) is 23.6 Å². The van der Waals surface area contributed by atoms with Gasteiger partial charge < -0.3 is 5.11 Å². The molecule has 1 heterocycles. The lowest BCUT2D eigenvalue weighted by atomic mass is 9.98. The summed E-state index contributed by atoms with van der Waals surface area (Å²) in [5.74, 6) is -1.98. The number of carboxylic acid groups (broad SMARTS) is 1. The molecular weight excluding hydrogens is 366 g/mol. The van der Waals surface area contributed by atoms with Gasteiger partial charge in [0, 0.05) is 0 Å². The van der Waals surface area contributed by atoms with Crippen molar-refractivity contribution >= 4 is 17.8 Å². The second-order valence-electron chi connectivity index (χ2n) is 7.13. The molecule has 0 radical (unpaired) electrons. The van der Waals surface area contributed by atoms with Gasteiger partial charge in [-0.15, -0.1) is 0 Å². The van der Waals surface area contributed by atoms with E-state index < -0.39 is 23.8 Å². The second-order valence-corrected chi connectivity index (χ2v) is 7.13. The van der Waals surface area contributed by atoms with E-state index in [0.717, 1.165) is 21.6 Å². The highest BCUT2D eigenvalue weighted by Crippen LogP contribution is 2.34. The average Bonchev–Trinajstić information content (AvgIpc) is 2.96. The number of carboxylic acids is 1. The van der Waals surface area contributed by atoms with Crippen LogP contribution in [0.5, 0.6) is 0 Å².